The normalized spacial score (nSPS) is 32.5. The van der Waals surface area contributed by atoms with Crippen LogP contribution in [0.3, 0.4) is 0 Å². The molecule has 5 heterocycles. The Hall–Kier alpha value is -3.17. The molecular formula is C25H27N5O4. The first kappa shape index (κ1) is 20.2. The zero-order valence-corrected chi connectivity index (χ0v) is 19.0. The third kappa shape index (κ3) is 2.77. The third-order valence-corrected chi connectivity index (χ3v) is 8.22. The molecule has 3 fully saturated rings. The van der Waals surface area contributed by atoms with E-state index in [0.717, 1.165) is 30.4 Å². The van der Waals surface area contributed by atoms with Gasteiger partial charge in [0, 0.05) is 36.2 Å². The SMILES string of the molecule is CN1C[C@H](C(=O)N[C@@H]2O[C@H]3[C@@H]4CCCN4C(=O)CN3C2=O)C=C2c3cccc4[nH]cc(c34)C[C@H]21. The van der Waals surface area contributed by atoms with Crippen LogP contribution >= 0.6 is 0 Å². The molecule has 9 nitrogen and oxygen atoms in total. The highest BCUT2D eigenvalue weighted by molar-refractivity contribution is 6.00. The number of nitrogens with zero attached hydrogens (tertiary/aromatic N) is 3. The zero-order valence-electron chi connectivity index (χ0n) is 19.0. The number of fused-ring (bicyclic) bond motifs is 5. The number of carbonyl (C=O) groups is 3. The lowest BCUT2D eigenvalue weighted by atomic mass is 9.80. The Kier molecular flexibility index (Phi) is 4.26. The predicted octanol–water partition coefficient (Wildman–Crippen LogP) is 0.669. The van der Waals surface area contributed by atoms with Crippen LogP contribution in [-0.4, -0.2) is 88.6 Å². The largest absolute Gasteiger partial charge is 0.361 e. The molecule has 1 aromatic carbocycles. The maximum Gasteiger partial charge on any atom is 0.275 e. The van der Waals surface area contributed by atoms with Gasteiger partial charge in [0.2, 0.25) is 18.0 Å². The number of piperazine rings is 1. The van der Waals surface area contributed by atoms with Crippen LogP contribution < -0.4 is 5.32 Å². The molecule has 0 bridgehead atoms. The van der Waals surface area contributed by atoms with E-state index < -0.39 is 18.4 Å². The second-order valence-electron chi connectivity index (χ2n) is 10.1. The lowest BCUT2D eigenvalue weighted by molar-refractivity contribution is -0.153. The summed E-state index contributed by atoms with van der Waals surface area (Å²) in [7, 11) is 2.05. The Morgan fingerprint density at radius 2 is 2.12 bits per heavy atom. The van der Waals surface area contributed by atoms with E-state index in [4.69, 9.17) is 4.74 Å². The standard InChI is InChI=1S/C25H27N5O4/c1-28-11-14(8-16-15-4-2-5-17-21(15)13(10-26-17)9-19(16)28)22(32)27-23-24(33)30-12-20(31)29-7-3-6-18(29)25(30)34-23/h2,4-5,8,10,14,18-19,23,25-26H,3,6-7,9,11-12H2,1H3,(H,27,32)/t14-,18+,19-,23-,25+/m1/s1. The molecule has 0 radical (unpaired) electrons. The quantitative estimate of drug-likeness (QED) is 0.685. The summed E-state index contributed by atoms with van der Waals surface area (Å²) >= 11 is 0. The highest BCUT2D eigenvalue weighted by Gasteiger charge is 2.53. The van der Waals surface area contributed by atoms with Gasteiger partial charge in [-0.3, -0.25) is 19.3 Å². The molecule has 4 aliphatic heterocycles. The molecule has 1 aliphatic carbocycles. The summed E-state index contributed by atoms with van der Waals surface area (Å²) in [5, 5.41) is 4.08. The predicted molar refractivity (Wildman–Crippen MR) is 123 cm³/mol. The molecule has 5 aliphatic rings. The average molecular weight is 462 g/mol. The van der Waals surface area contributed by atoms with Crippen molar-refractivity contribution < 1.29 is 19.1 Å². The van der Waals surface area contributed by atoms with E-state index in [1.807, 2.05) is 18.0 Å². The lowest BCUT2D eigenvalue weighted by Crippen LogP contribution is -2.58. The Labute approximate surface area is 196 Å². The Balaban J connectivity index is 1.14. The van der Waals surface area contributed by atoms with Gasteiger partial charge in [-0.25, -0.2) is 0 Å². The van der Waals surface area contributed by atoms with Crippen LogP contribution in [0.4, 0.5) is 0 Å². The van der Waals surface area contributed by atoms with Gasteiger partial charge in [0.05, 0.1) is 12.0 Å². The third-order valence-electron chi connectivity index (χ3n) is 8.22. The fourth-order valence-corrected chi connectivity index (χ4v) is 6.60. The van der Waals surface area contributed by atoms with Crippen molar-refractivity contribution in [1.82, 2.24) is 25.0 Å². The molecule has 7 rings (SSSR count). The van der Waals surface area contributed by atoms with Gasteiger partial charge in [-0.15, -0.1) is 0 Å². The fourth-order valence-electron chi connectivity index (χ4n) is 6.60. The molecule has 34 heavy (non-hydrogen) atoms. The van der Waals surface area contributed by atoms with Crippen molar-refractivity contribution in [2.24, 2.45) is 5.92 Å². The van der Waals surface area contributed by atoms with Crippen LogP contribution in [-0.2, 0) is 25.5 Å². The second-order valence-corrected chi connectivity index (χ2v) is 10.1. The number of carbonyl (C=O) groups excluding carboxylic acids is 3. The van der Waals surface area contributed by atoms with Crippen LogP contribution in [0.1, 0.15) is 24.0 Å². The van der Waals surface area contributed by atoms with Gasteiger partial charge in [-0.2, -0.15) is 0 Å². The number of hydrogen-bond donors (Lipinski definition) is 2. The van der Waals surface area contributed by atoms with Crippen molar-refractivity contribution in [2.75, 3.05) is 26.7 Å². The second kappa shape index (κ2) is 7.16. The summed E-state index contributed by atoms with van der Waals surface area (Å²) in [5.74, 6) is -0.987. The Morgan fingerprint density at radius 1 is 1.24 bits per heavy atom. The molecule has 3 amide bonds. The molecule has 0 unspecified atom stereocenters. The minimum atomic E-state index is -1.04. The van der Waals surface area contributed by atoms with Crippen molar-refractivity contribution in [3.05, 3.63) is 41.6 Å². The van der Waals surface area contributed by atoms with E-state index >= 15 is 0 Å². The highest BCUT2D eigenvalue weighted by atomic mass is 16.6. The van der Waals surface area contributed by atoms with E-state index in [1.54, 1.807) is 0 Å². The molecule has 0 saturated carbocycles. The van der Waals surface area contributed by atoms with E-state index in [2.05, 4.69) is 39.6 Å². The Morgan fingerprint density at radius 3 is 3.00 bits per heavy atom. The smallest absolute Gasteiger partial charge is 0.275 e. The first-order valence-electron chi connectivity index (χ1n) is 12.1. The Bertz CT molecular complexity index is 1270. The van der Waals surface area contributed by atoms with Gasteiger partial charge in [-0.1, -0.05) is 18.2 Å². The summed E-state index contributed by atoms with van der Waals surface area (Å²) in [5.41, 5.74) is 4.74. The number of ether oxygens (including phenoxy) is 1. The van der Waals surface area contributed by atoms with E-state index in [9.17, 15) is 14.4 Å². The highest BCUT2D eigenvalue weighted by Crippen LogP contribution is 2.41. The molecule has 9 heteroatoms. The summed E-state index contributed by atoms with van der Waals surface area (Å²) in [6, 6.07) is 6.34. The summed E-state index contributed by atoms with van der Waals surface area (Å²) in [6.45, 7) is 1.30. The number of benzene rings is 1. The molecule has 3 saturated heterocycles. The van der Waals surface area contributed by atoms with E-state index in [1.165, 1.54) is 21.4 Å². The number of aromatic nitrogens is 1. The van der Waals surface area contributed by atoms with Gasteiger partial charge in [-0.05, 0) is 49.1 Å². The van der Waals surface area contributed by atoms with Crippen molar-refractivity contribution in [3.8, 4) is 0 Å². The lowest BCUT2D eigenvalue weighted by Gasteiger charge is -2.39. The maximum atomic E-state index is 13.3. The van der Waals surface area contributed by atoms with Crippen LogP contribution in [0.15, 0.2) is 30.5 Å². The molecule has 176 valence electrons. The minimum absolute atomic E-state index is 0.0211. The topological polar surface area (TPSA) is 98.0 Å². The van der Waals surface area contributed by atoms with Crippen LogP contribution in [0.2, 0.25) is 0 Å². The minimum Gasteiger partial charge on any atom is -0.361 e. The van der Waals surface area contributed by atoms with E-state index in [0.29, 0.717) is 13.1 Å². The number of rotatable bonds is 2. The van der Waals surface area contributed by atoms with Gasteiger partial charge in [0.1, 0.15) is 6.54 Å². The summed E-state index contributed by atoms with van der Waals surface area (Å²) in [4.78, 5) is 47.7. The molecular weight excluding hydrogens is 434 g/mol. The zero-order chi connectivity index (χ0) is 23.1. The van der Waals surface area contributed by atoms with Crippen molar-refractivity contribution >= 4 is 34.2 Å². The molecule has 0 spiro atoms. The average Bonchev–Trinajstić information content (AvgIpc) is 3.55. The van der Waals surface area contributed by atoms with Gasteiger partial charge in [0.25, 0.3) is 5.91 Å². The number of amides is 3. The monoisotopic (exact) mass is 461 g/mol. The first-order chi connectivity index (χ1) is 16.5. The molecule has 2 aromatic rings. The number of nitrogens with one attached hydrogen (secondary N) is 2. The summed E-state index contributed by atoms with van der Waals surface area (Å²) in [6.07, 6.45) is 5.27. The van der Waals surface area contributed by atoms with Crippen molar-refractivity contribution in [1.29, 1.82) is 0 Å². The van der Waals surface area contributed by atoms with Crippen molar-refractivity contribution in [2.45, 2.75) is 43.8 Å². The van der Waals surface area contributed by atoms with Crippen LogP contribution in [0, 0.1) is 5.92 Å². The first-order valence-corrected chi connectivity index (χ1v) is 12.1. The van der Waals surface area contributed by atoms with Gasteiger partial charge in [0.15, 0.2) is 6.23 Å². The number of aromatic amines is 1. The van der Waals surface area contributed by atoms with Gasteiger partial charge < -0.3 is 24.8 Å². The number of H-pyrrole nitrogens is 1. The molecule has 2 N–H and O–H groups in total. The van der Waals surface area contributed by atoms with Crippen LogP contribution in [0.25, 0.3) is 16.5 Å². The number of hydrogen-bond acceptors (Lipinski definition) is 5. The van der Waals surface area contributed by atoms with Crippen LogP contribution in [0.5, 0.6) is 0 Å². The maximum absolute atomic E-state index is 13.3. The van der Waals surface area contributed by atoms with Gasteiger partial charge >= 0.3 is 0 Å². The number of likely N-dealkylation sites (N-methyl/N-ethyl adjacent to an activating group) is 1. The summed E-state index contributed by atoms with van der Waals surface area (Å²) < 4.78 is 6.03. The fraction of sp³-hybridized carbons (Fsp3) is 0.480. The van der Waals surface area contributed by atoms with Crippen molar-refractivity contribution in [3.63, 3.8) is 0 Å². The molecule has 5 atom stereocenters. The van der Waals surface area contributed by atoms with E-state index in [-0.39, 0.29) is 36.3 Å². The molecule has 1 aromatic heterocycles.